The first-order valence-electron chi connectivity index (χ1n) is 6.56. The van der Waals surface area contributed by atoms with E-state index in [1.54, 1.807) is 7.11 Å². The van der Waals surface area contributed by atoms with Crippen molar-refractivity contribution in [3.05, 3.63) is 65.7 Å². The third-order valence-electron chi connectivity index (χ3n) is 2.59. The SMILES string of the molecule is COc1ccc(C[SH+]Cc2ccccc2)cc1.F[B-](F)(F)F. The third kappa shape index (κ3) is 9.34. The number of ether oxygens (including phenoxy) is 1. The number of hydrogen-bond acceptors (Lipinski definition) is 1. The highest BCUT2D eigenvalue weighted by Gasteiger charge is 2.20. The summed E-state index contributed by atoms with van der Waals surface area (Å²) in [5, 5.41) is 0. The van der Waals surface area contributed by atoms with E-state index in [9.17, 15) is 17.3 Å². The average Bonchev–Trinajstić information content (AvgIpc) is 2.47. The van der Waals surface area contributed by atoms with Gasteiger partial charge in [0.2, 0.25) is 0 Å². The quantitative estimate of drug-likeness (QED) is 0.339. The fourth-order valence-electron chi connectivity index (χ4n) is 1.63. The monoisotopic (exact) mass is 332 g/mol. The molecule has 120 valence electrons. The second-order valence-corrected chi connectivity index (χ2v) is 5.45. The summed E-state index contributed by atoms with van der Waals surface area (Å²) in [6.07, 6.45) is 0. The Balaban J connectivity index is 0.000000422. The molecule has 0 bridgehead atoms. The normalized spacial score (nSPS) is 10.6. The van der Waals surface area contributed by atoms with Crippen LogP contribution >= 0.6 is 0 Å². The van der Waals surface area contributed by atoms with E-state index in [-0.39, 0.29) is 0 Å². The standard InChI is InChI=1S/C15H16OS.BF4/c1-16-15-9-7-14(8-10-15)12-17-11-13-5-3-2-4-6-13;2-1(3,4)5/h2-10H,11-12H2,1H3;/q;-1/p+1. The van der Waals surface area contributed by atoms with Gasteiger partial charge in [-0.05, 0) is 23.9 Å². The van der Waals surface area contributed by atoms with Gasteiger partial charge in [-0.3, -0.25) is 0 Å². The molecule has 0 N–H and O–H groups in total. The van der Waals surface area contributed by atoms with E-state index in [0.29, 0.717) is 0 Å². The summed E-state index contributed by atoms with van der Waals surface area (Å²) in [5.41, 5.74) is 2.77. The Morgan fingerprint density at radius 3 is 1.73 bits per heavy atom. The van der Waals surface area contributed by atoms with E-state index in [1.165, 1.54) is 22.9 Å². The number of rotatable bonds is 5. The van der Waals surface area contributed by atoms with Crippen LogP contribution < -0.4 is 4.74 Å². The summed E-state index contributed by atoms with van der Waals surface area (Å²) < 4.78 is 44.1. The van der Waals surface area contributed by atoms with E-state index >= 15 is 0 Å². The van der Waals surface area contributed by atoms with Crippen molar-refractivity contribution >= 4 is 19.0 Å². The fourth-order valence-corrected chi connectivity index (χ4v) is 2.68. The molecule has 7 heteroatoms. The summed E-state index contributed by atoms with van der Waals surface area (Å²) in [4.78, 5) is 0. The molecule has 2 aromatic carbocycles. The van der Waals surface area contributed by atoms with Crippen molar-refractivity contribution in [3.63, 3.8) is 0 Å². The minimum atomic E-state index is -6.00. The summed E-state index contributed by atoms with van der Waals surface area (Å²) in [6, 6.07) is 18.9. The van der Waals surface area contributed by atoms with E-state index < -0.39 is 7.25 Å². The zero-order valence-corrected chi connectivity index (χ0v) is 12.9. The second-order valence-electron chi connectivity index (χ2n) is 4.37. The van der Waals surface area contributed by atoms with Crippen molar-refractivity contribution in [2.75, 3.05) is 7.11 Å². The molecule has 0 atom stereocenters. The van der Waals surface area contributed by atoms with E-state index in [1.807, 2.05) is 12.1 Å². The van der Waals surface area contributed by atoms with Crippen LogP contribution in [0.3, 0.4) is 0 Å². The first-order valence-corrected chi connectivity index (χ1v) is 7.82. The molecule has 0 spiro atoms. The molecule has 0 radical (unpaired) electrons. The topological polar surface area (TPSA) is 9.23 Å². The summed E-state index contributed by atoms with van der Waals surface area (Å²) >= 11 is 1.44. The lowest BCUT2D eigenvalue weighted by molar-refractivity contribution is 0.368. The zero-order chi connectivity index (χ0) is 16.4. The predicted octanol–water partition coefficient (Wildman–Crippen LogP) is 4.51. The van der Waals surface area contributed by atoms with Gasteiger partial charge >= 0.3 is 7.25 Å². The van der Waals surface area contributed by atoms with Crippen LogP contribution in [0.2, 0.25) is 0 Å². The Morgan fingerprint density at radius 2 is 1.27 bits per heavy atom. The lowest BCUT2D eigenvalue weighted by Gasteiger charge is -2.00. The van der Waals surface area contributed by atoms with Crippen LogP contribution in [0.15, 0.2) is 54.6 Å². The average molecular weight is 332 g/mol. The van der Waals surface area contributed by atoms with Crippen molar-refractivity contribution in [1.29, 1.82) is 0 Å². The van der Waals surface area contributed by atoms with Gasteiger partial charge in [0.25, 0.3) is 0 Å². The maximum Gasteiger partial charge on any atom is 0.673 e. The van der Waals surface area contributed by atoms with Crippen LogP contribution in [0.1, 0.15) is 11.1 Å². The highest BCUT2D eigenvalue weighted by molar-refractivity contribution is 7.76. The smallest absolute Gasteiger partial charge is 0.497 e. The van der Waals surface area contributed by atoms with Gasteiger partial charge in [0.1, 0.15) is 17.3 Å². The molecule has 22 heavy (non-hydrogen) atoms. The third-order valence-corrected chi connectivity index (χ3v) is 3.77. The number of halogens is 4. The van der Waals surface area contributed by atoms with Crippen LogP contribution in [-0.2, 0) is 23.3 Å². The van der Waals surface area contributed by atoms with Gasteiger partial charge in [-0.25, -0.2) is 0 Å². The fraction of sp³-hybridized carbons (Fsp3) is 0.200. The van der Waals surface area contributed by atoms with E-state index in [0.717, 1.165) is 17.3 Å². The van der Waals surface area contributed by atoms with Crippen LogP contribution in [0.5, 0.6) is 5.75 Å². The van der Waals surface area contributed by atoms with Crippen molar-refractivity contribution < 1.29 is 22.0 Å². The van der Waals surface area contributed by atoms with Gasteiger partial charge in [-0.1, -0.05) is 42.5 Å². The Hall–Kier alpha value is -1.63. The lowest BCUT2D eigenvalue weighted by atomic mass is 10.2. The van der Waals surface area contributed by atoms with Crippen LogP contribution in [0, 0.1) is 0 Å². The maximum absolute atomic E-state index is 9.75. The summed E-state index contributed by atoms with van der Waals surface area (Å²) in [7, 11) is -4.30. The molecule has 2 aromatic rings. The Morgan fingerprint density at radius 1 is 0.818 bits per heavy atom. The number of methoxy groups -OCH3 is 1. The largest absolute Gasteiger partial charge is 0.673 e. The molecule has 0 amide bonds. The second kappa shape index (κ2) is 9.40. The first-order chi connectivity index (χ1) is 10.4. The number of hydrogen-bond donors (Lipinski definition) is 0. The molecule has 0 fully saturated rings. The molecular weight excluding hydrogens is 315 g/mol. The Kier molecular flexibility index (Phi) is 7.88. The molecule has 0 saturated heterocycles. The summed E-state index contributed by atoms with van der Waals surface area (Å²) in [5.74, 6) is 3.14. The van der Waals surface area contributed by atoms with Crippen LogP contribution in [0.25, 0.3) is 0 Å². The molecular formula is C15H17BF4OS. The molecule has 0 aliphatic carbocycles. The highest BCUT2D eigenvalue weighted by atomic mass is 32.2. The molecule has 2 rings (SSSR count). The molecule has 0 unspecified atom stereocenters. The first kappa shape index (κ1) is 18.4. The maximum atomic E-state index is 9.75. The van der Waals surface area contributed by atoms with Gasteiger partial charge < -0.3 is 22.0 Å². The lowest BCUT2D eigenvalue weighted by Crippen LogP contribution is -2.02. The highest BCUT2D eigenvalue weighted by Crippen LogP contribution is 2.13. The van der Waals surface area contributed by atoms with Crippen molar-refractivity contribution in [2.45, 2.75) is 11.5 Å². The molecule has 0 saturated carbocycles. The van der Waals surface area contributed by atoms with Gasteiger partial charge in [-0.2, -0.15) is 0 Å². The minimum absolute atomic E-state index is 0.925. The van der Waals surface area contributed by atoms with Crippen molar-refractivity contribution in [2.24, 2.45) is 0 Å². The van der Waals surface area contributed by atoms with Crippen molar-refractivity contribution in [3.8, 4) is 5.75 Å². The zero-order valence-electron chi connectivity index (χ0n) is 12.1. The molecule has 0 aliphatic heterocycles. The van der Waals surface area contributed by atoms with E-state index in [4.69, 9.17) is 4.74 Å². The number of benzene rings is 2. The molecule has 0 aromatic heterocycles. The van der Waals surface area contributed by atoms with Gasteiger partial charge in [0.05, 0.1) is 7.11 Å². The van der Waals surface area contributed by atoms with Gasteiger partial charge in [0.15, 0.2) is 0 Å². The molecule has 0 heterocycles. The minimum Gasteiger partial charge on any atom is -0.497 e. The predicted molar refractivity (Wildman–Crippen MR) is 85.8 cm³/mol. The Labute approximate surface area is 131 Å². The van der Waals surface area contributed by atoms with E-state index in [2.05, 4.69) is 42.5 Å². The van der Waals surface area contributed by atoms with Crippen LogP contribution in [-0.4, -0.2) is 14.4 Å². The van der Waals surface area contributed by atoms with Crippen molar-refractivity contribution in [1.82, 2.24) is 0 Å². The molecule has 1 nitrogen and oxygen atoms in total. The number of thiol groups is 1. The van der Waals surface area contributed by atoms with Gasteiger partial charge in [0, 0.05) is 11.1 Å². The Bertz CT molecular complexity index is 525. The summed E-state index contributed by atoms with van der Waals surface area (Å²) in [6.45, 7) is 0. The molecule has 0 aliphatic rings. The van der Waals surface area contributed by atoms with Gasteiger partial charge in [-0.15, -0.1) is 0 Å². The van der Waals surface area contributed by atoms with Crippen LogP contribution in [0.4, 0.5) is 17.3 Å².